The topological polar surface area (TPSA) is 32.8 Å². The van der Waals surface area contributed by atoms with Crippen molar-refractivity contribution in [3.63, 3.8) is 0 Å². The molecule has 4 nitrogen and oxygen atoms in total. The maximum atomic E-state index is 11.8. The highest BCUT2D eigenvalue weighted by atomic mass is 127. The monoisotopic (exact) mass is 348 g/mol. The Morgan fingerprint density at radius 2 is 2.00 bits per heavy atom. The summed E-state index contributed by atoms with van der Waals surface area (Å²) >= 11 is 2.25. The second kappa shape index (κ2) is 6.32. The molecular formula is C12H17IN2O2. The number of hydroxylamine groups is 2. The summed E-state index contributed by atoms with van der Waals surface area (Å²) in [6, 6.07) is 5.70. The fourth-order valence-electron chi connectivity index (χ4n) is 1.41. The maximum Gasteiger partial charge on any atom is 0.277 e. The molecule has 1 amide bonds. The van der Waals surface area contributed by atoms with Crippen LogP contribution < -0.4 is 0 Å². The van der Waals surface area contributed by atoms with Crippen LogP contribution in [0.25, 0.3) is 0 Å². The van der Waals surface area contributed by atoms with Crippen LogP contribution in [-0.2, 0) is 11.4 Å². The van der Waals surface area contributed by atoms with Gasteiger partial charge in [-0.05, 0) is 54.4 Å². The van der Waals surface area contributed by atoms with E-state index in [4.69, 9.17) is 4.84 Å². The Labute approximate surface area is 116 Å². The summed E-state index contributed by atoms with van der Waals surface area (Å²) in [7, 11) is 7.12. The predicted molar refractivity (Wildman–Crippen MR) is 75.7 cm³/mol. The molecule has 0 saturated carbocycles. The van der Waals surface area contributed by atoms with Crippen LogP contribution in [0.4, 0.5) is 0 Å². The largest absolute Gasteiger partial charge is 0.305 e. The van der Waals surface area contributed by atoms with Gasteiger partial charge in [0.15, 0.2) is 0 Å². The van der Waals surface area contributed by atoms with Crippen molar-refractivity contribution in [2.45, 2.75) is 6.54 Å². The number of amides is 1. The van der Waals surface area contributed by atoms with Crippen molar-refractivity contribution in [1.29, 1.82) is 0 Å². The average Bonchev–Trinajstić information content (AvgIpc) is 2.29. The third-order valence-corrected chi connectivity index (χ3v) is 3.35. The van der Waals surface area contributed by atoms with Gasteiger partial charge in [-0.25, -0.2) is 5.06 Å². The zero-order valence-electron chi connectivity index (χ0n) is 10.5. The summed E-state index contributed by atoms with van der Waals surface area (Å²) in [4.78, 5) is 18.8. The first-order valence-electron chi connectivity index (χ1n) is 5.21. The van der Waals surface area contributed by atoms with E-state index < -0.39 is 0 Å². The molecule has 0 heterocycles. The molecule has 0 radical (unpaired) electrons. The van der Waals surface area contributed by atoms with Crippen molar-refractivity contribution in [3.8, 4) is 0 Å². The van der Waals surface area contributed by atoms with Gasteiger partial charge < -0.3 is 4.90 Å². The molecule has 0 unspecified atom stereocenters. The van der Waals surface area contributed by atoms with Gasteiger partial charge in [-0.15, -0.1) is 0 Å². The summed E-state index contributed by atoms with van der Waals surface area (Å²) in [5.74, 6) is -0.137. The molecule has 1 aromatic rings. The minimum absolute atomic E-state index is 0.137. The Balaban J connectivity index is 2.92. The molecule has 0 N–H and O–H groups in total. The number of carbonyl (C=O) groups excluding carboxylic acids is 1. The van der Waals surface area contributed by atoms with Crippen molar-refractivity contribution >= 4 is 28.5 Å². The average molecular weight is 348 g/mol. The summed E-state index contributed by atoms with van der Waals surface area (Å²) < 4.78 is 1.09. The normalized spacial score (nSPS) is 10.7. The van der Waals surface area contributed by atoms with E-state index in [1.807, 2.05) is 32.3 Å². The first-order chi connectivity index (χ1) is 7.95. The smallest absolute Gasteiger partial charge is 0.277 e. The lowest BCUT2D eigenvalue weighted by molar-refractivity contribution is -0.0757. The van der Waals surface area contributed by atoms with Crippen molar-refractivity contribution in [1.82, 2.24) is 9.96 Å². The minimum atomic E-state index is -0.137. The van der Waals surface area contributed by atoms with E-state index in [0.717, 1.165) is 10.1 Å². The van der Waals surface area contributed by atoms with E-state index in [0.29, 0.717) is 5.56 Å². The quantitative estimate of drug-likeness (QED) is 0.616. The zero-order chi connectivity index (χ0) is 13.0. The molecule has 1 aromatic carbocycles. The Morgan fingerprint density at radius 3 is 2.47 bits per heavy atom. The van der Waals surface area contributed by atoms with Gasteiger partial charge in [0.1, 0.15) is 0 Å². The van der Waals surface area contributed by atoms with Gasteiger partial charge in [0.2, 0.25) is 0 Å². The molecule has 0 aliphatic heterocycles. The van der Waals surface area contributed by atoms with Crippen LogP contribution >= 0.6 is 22.6 Å². The van der Waals surface area contributed by atoms with E-state index in [2.05, 4.69) is 27.5 Å². The number of benzene rings is 1. The molecule has 0 aliphatic rings. The molecule has 17 heavy (non-hydrogen) atoms. The van der Waals surface area contributed by atoms with Crippen LogP contribution in [0.2, 0.25) is 0 Å². The van der Waals surface area contributed by atoms with Gasteiger partial charge in [0.25, 0.3) is 5.91 Å². The molecular weight excluding hydrogens is 331 g/mol. The number of rotatable bonds is 4. The van der Waals surface area contributed by atoms with Crippen LogP contribution in [0.1, 0.15) is 15.9 Å². The van der Waals surface area contributed by atoms with Crippen molar-refractivity contribution in [2.24, 2.45) is 0 Å². The Hall–Kier alpha value is -0.660. The minimum Gasteiger partial charge on any atom is -0.305 e. The predicted octanol–water partition coefficient (Wildman–Crippen LogP) is 1.99. The van der Waals surface area contributed by atoms with Gasteiger partial charge >= 0.3 is 0 Å². The standard InChI is InChI=1S/C12H17IN2O2/c1-14(2)8-10-6-5-9(7-11(10)13)12(16)15(3)17-4/h5-7H,8H2,1-4H3. The van der Waals surface area contributed by atoms with Crippen molar-refractivity contribution < 1.29 is 9.63 Å². The SMILES string of the molecule is CON(C)C(=O)c1ccc(CN(C)C)c(I)c1. The lowest BCUT2D eigenvalue weighted by Gasteiger charge is -2.15. The lowest BCUT2D eigenvalue weighted by atomic mass is 10.1. The number of hydrogen-bond donors (Lipinski definition) is 0. The number of carbonyl (C=O) groups is 1. The van der Waals surface area contributed by atoms with Crippen LogP contribution in [0.3, 0.4) is 0 Å². The summed E-state index contributed by atoms with van der Waals surface area (Å²) in [5.41, 5.74) is 1.86. The van der Waals surface area contributed by atoms with Gasteiger partial charge in [-0.1, -0.05) is 6.07 Å². The molecule has 5 heteroatoms. The molecule has 0 aromatic heterocycles. The zero-order valence-corrected chi connectivity index (χ0v) is 12.7. The number of halogens is 1. The van der Waals surface area contributed by atoms with Gasteiger partial charge in [-0.3, -0.25) is 9.63 Å². The van der Waals surface area contributed by atoms with Gasteiger partial charge in [0, 0.05) is 22.7 Å². The van der Waals surface area contributed by atoms with E-state index in [9.17, 15) is 4.79 Å². The summed E-state index contributed by atoms with van der Waals surface area (Å²) in [6.07, 6.45) is 0. The van der Waals surface area contributed by atoms with Crippen LogP contribution in [0, 0.1) is 3.57 Å². The second-order valence-electron chi connectivity index (χ2n) is 4.03. The van der Waals surface area contributed by atoms with Gasteiger partial charge in [0.05, 0.1) is 7.11 Å². The highest BCUT2D eigenvalue weighted by Crippen LogP contribution is 2.17. The highest BCUT2D eigenvalue weighted by Gasteiger charge is 2.12. The molecule has 1 rings (SSSR count). The second-order valence-corrected chi connectivity index (χ2v) is 5.19. The third kappa shape index (κ3) is 3.93. The van der Waals surface area contributed by atoms with Crippen LogP contribution in [0.15, 0.2) is 18.2 Å². The van der Waals surface area contributed by atoms with Gasteiger partial charge in [-0.2, -0.15) is 0 Å². The van der Waals surface area contributed by atoms with Crippen molar-refractivity contribution in [3.05, 3.63) is 32.9 Å². The Bertz CT molecular complexity index is 407. The molecule has 0 aliphatic carbocycles. The lowest BCUT2D eigenvalue weighted by Crippen LogP contribution is -2.25. The van der Waals surface area contributed by atoms with E-state index in [1.54, 1.807) is 7.05 Å². The summed E-state index contributed by atoms with van der Waals surface area (Å²) in [6.45, 7) is 0.868. The fourth-order valence-corrected chi connectivity index (χ4v) is 2.10. The first-order valence-corrected chi connectivity index (χ1v) is 6.29. The Morgan fingerprint density at radius 1 is 1.35 bits per heavy atom. The highest BCUT2D eigenvalue weighted by molar-refractivity contribution is 14.1. The molecule has 0 fully saturated rings. The van der Waals surface area contributed by atoms with E-state index >= 15 is 0 Å². The molecule has 0 saturated heterocycles. The van der Waals surface area contributed by atoms with E-state index in [-0.39, 0.29) is 5.91 Å². The van der Waals surface area contributed by atoms with E-state index in [1.165, 1.54) is 17.7 Å². The first kappa shape index (κ1) is 14.4. The van der Waals surface area contributed by atoms with Crippen LogP contribution in [-0.4, -0.2) is 44.1 Å². The molecule has 0 atom stereocenters. The molecule has 94 valence electrons. The number of hydrogen-bond acceptors (Lipinski definition) is 3. The maximum absolute atomic E-state index is 11.8. The van der Waals surface area contributed by atoms with Crippen LogP contribution in [0.5, 0.6) is 0 Å². The van der Waals surface area contributed by atoms with Crippen molar-refractivity contribution in [2.75, 3.05) is 28.3 Å². The fraction of sp³-hybridized carbons (Fsp3) is 0.417. The molecule has 0 spiro atoms. The summed E-state index contributed by atoms with van der Waals surface area (Å²) in [5, 5.41) is 1.22. The molecule has 0 bridgehead atoms. The Kier molecular flexibility index (Phi) is 5.35. The number of nitrogens with zero attached hydrogens (tertiary/aromatic N) is 2. The third-order valence-electron chi connectivity index (χ3n) is 2.35.